The SMILES string of the molecule is COc1ncc(CNC(=O)c2cc(C(=O)N3CCCC3)cc(-c3ccc(C)cc3)c2)cn1. The van der Waals surface area contributed by atoms with Crippen LogP contribution in [0.25, 0.3) is 11.1 Å². The molecule has 2 amide bonds. The van der Waals surface area contributed by atoms with Gasteiger partial charge in [-0.15, -0.1) is 0 Å². The molecule has 2 aromatic carbocycles. The van der Waals surface area contributed by atoms with Gasteiger partial charge in [-0.25, -0.2) is 9.97 Å². The van der Waals surface area contributed by atoms with Crippen molar-refractivity contribution in [1.29, 1.82) is 0 Å². The highest BCUT2D eigenvalue weighted by atomic mass is 16.5. The molecule has 2 heterocycles. The number of hydrogen-bond acceptors (Lipinski definition) is 5. The summed E-state index contributed by atoms with van der Waals surface area (Å²) in [6.07, 6.45) is 5.25. The topological polar surface area (TPSA) is 84.4 Å². The number of nitrogens with zero attached hydrogens (tertiary/aromatic N) is 3. The first-order valence-corrected chi connectivity index (χ1v) is 10.7. The van der Waals surface area contributed by atoms with E-state index in [1.807, 2.05) is 48.2 Å². The normalized spacial score (nSPS) is 13.1. The maximum atomic E-state index is 13.1. The Morgan fingerprint density at radius 2 is 1.62 bits per heavy atom. The van der Waals surface area contributed by atoms with Crippen molar-refractivity contribution in [3.05, 3.63) is 77.1 Å². The number of carbonyl (C=O) groups is 2. The molecule has 0 aliphatic carbocycles. The molecule has 1 N–H and O–H groups in total. The number of rotatable bonds is 6. The maximum absolute atomic E-state index is 13.1. The molecule has 4 rings (SSSR count). The van der Waals surface area contributed by atoms with Gasteiger partial charge in [0.15, 0.2) is 0 Å². The number of methoxy groups -OCH3 is 1. The van der Waals surface area contributed by atoms with Gasteiger partial charge in [0.2, 0.25) is 0 Å². The van der Waals surface area contributed by atoms with E-state index in [4.69, 9.17) is 4.74 Å². The van der Waals surface area contributed by atoms with Crippen LogP contribution in [0, 0.1) is 6.92 Å². The van der Waals surface area contributed by atoms with Crippen LogP contribution in [0.2, 0.25) is 0 Å². The fourth-order valence-corrected chi connectivity index (χ4v) is 3.72. The number of likely N-dealkylation sites (tertiary alicyclic amines) is 1. The lowest BCUT2D eigenvalue weighted by atomic mass is 9.98. The van der Waals surface area contributed by atoms with Crippen molar-refractivity contribution in [2.45, 2.75) is 26.3 Å². The minimum Gasteiger partial charge on any atom is -0.467 e. The van der Waals surface area contributed by atoms with E-state index in [-0.39, 0.29) is 24.4 Å². The Morgan fingerprint density at radius 1 is 0.969 bits per heavy atom. The van der Waals surface area contributed by atoms with Crippen molar-refractivity contribution in [2.75, 3.05) is 20.2 Å². The third kappa shape index (κ3) is 4.94. The van der Waals surface area contributed by atoms with Crippen molar-refractivity contribution in [2.24, 2.45) is 0 Å². The van der Waals surface area contributed by atoms with Gasteiger partial charge in [0.05, 0.1) is 7.11 Å². The number of ether oxygens (including phenoxy) is 1. The van der Waals surface area contributed by atoms with Crippen molar-refractivity contribution >= 4 is 11.8 Å². The molecular formula is C25H26N4O3. The van der Waals surface area contributed by atoms with E-state index in [0.717, 1.165) is 48.2 Å². The fraction of sp³-hybridized carbons (Fsp3) is 0.280. The van der Waals surface area contributed by atoms with Crippen molar-refractivity contribution < 1.29 is 14.3 Å². The first-order chi connectivity index (χ1) is 15.5. The van der Waals surface area contributed by atoms with Crippen LogP contribution in [0.4, 0.5) is 0 Å². The number of carbonyl (C=O) groups excluding carboxylic acids is 2. The summed E-state index contributed by atoms with van der Waals surface area (Å²) in [7, 11) is 1.50. The zero-order chi connectivity index (χ0) is 22.5. The molecule has 0 atom stereocenters. The maximum Gasteiger partial charge on any atom is 0.316 e. The van der Waals surface area contributed by atoms with Gasteiger partial charge in [-0.1, -0.05) is 29.8 Å². The lowest BCUT2D eigenvalue weighted by Gasteiger charge is -2.17. The van der Waals surface area contributed by atoms with E-state index in [1.54, 1.807) is 18.5 Å². The van der Waals surface area contributed by atoms with Crippen LogP contribution in [0.3, 0.4) is 0 Å². The third-order valence-corrected chi connectivity index (χ3v) is 5.54. The number of aromatic nitrogens is 2. The number of hydrogen-bond donors (Lipinski definition) is 1. The van der Waals surface area contributed by atoms with E-state index in [9.17, 15) is 9.59 Å². The van der Waals surface area contributed by atoms with Gasteiger partial charge in [0.1, 0.15) is 0 Å². The Labute approximate surface area is 187 Å². The van der Waals surface area contributed by atoms with Gasteiger partial charge < -0.3 is 15.0 Å². The van der Waals surface area contributed by atoms with E-state index in [0.29, 0.717) is 11.1 Å². The highest BCUT2D eigenvalue weighted by Gasteiger charge is 2.21. The summed E-state index contributed by atoms with van der Waals surface area (Å²) in [5, 5.41) is 2.89. The molecule has 1 fully saturated rings. The lowest BCUT2D eigenvalue weighted by Crippen LogP contribution is -2.28. The van der Waals surface area contributed by atoms with Crippen LogP contribution in [0.5, 0.6) is 6.01 Å². The van der Waals surface area contributed by atoms with E-state index in [1.165, 1.54) is 7.11 Å². The molecule has 1 aliphatic heterocycles. The summed E-state index contributed by atoms with van der Waals surface area (Å²) >= 11 is 0. The molecule has 0 bridgehead atoms. The second-order valence-corrected chi connectivity index (χ2v) is 7.93. The van der Waals surface area contributed by atoms with Gasteiger partial charge in [-0.05, 0) is 49.1 Å². The number of benzene rings is 2. The van der Waals surface area contributed by atoms with Crippen LogP contribution >= 0.6 is 0 Å². The largest absolute Gasteiger partial charge is 0.467 e. The monoisotopic (exact) mass is 430 g/mol. The Kier molecular flexibility index (Phi) is 6.44. The van der Waals surface area contributed by atoms with Crippen LogP contribution in [0.15, 0.2) is 54.9 Å². The minimum atomic E-state index is -0.259. The minimum absolute atomic E-state index is 0.0333. The van der Waals surface area contributed by atoms with Gasteiger partial charge in [0.25, 0.3) is 11.8 Å². The summed E-state index contributed by atoms with van der Waals surface area (Å²) in [6.45, 7) is 3.81. The van der Waals surface area contributed by atoms with E-state index in [2.05, 4.69) is 15.3 Å². The predicted octanol–water partition coefficient (Wildman–Crippen LogP) is 3.63. The standard InChI is InChI=1S/C25H26N4O3/c1-17-5-7-19(8-6-17)20-11-21(13-22(12-20)24(31)29-9-3-4-10-29)23(30)26-14-18-15-27-25(32-2)28-16-18/h5-8,11-13,15-16H,3-4,9-10,14H2,1-2H3,(H,26,30). The molecule has 32 heavy (non-hydrogen) atoms. The molecule has 1 aliphatic rings. The van der Waals surface area contributed by atoms with Crippen molar-refractivity contribution in [3.8, 4) is 17.1 Å². The zero-order valence-electron chi connectivity index (χ0n) is 18.3. The lowest BCUT2D eigenvalue weighted by molar-refractivity contribution is 0.0793. The van der Waals surface area contributed by atoms with Crippen LogP contribution in [0.1, 0.15) is 44.7 Å². The van der Waals surface area contributed by atoms with E-state index >= 15 is 0 Å². The van der Waals surface area contributed by atoms with Gasteiger partial charge in [-0.3, -0.25) is 9.59 Å². The number of nitrogens with one attached hydrogen (secondary N) is 1. The van der Waals surface area contributed by atoms with Crippen LogP contribution in [-0.4, -0.2) is 46.9 Å². The van der Waals surface area contributed by atoms with Crippen LogP contribution < -0.4 is 10.1 Å². The van der Waals surface area contributed by atoms with Crippen molar-refractivity contribution in [1.82, 2.24) is 20.2 Å². The summed E-state index contributed by atoms with van der Waals surface area (Å²) in [4.78, 5) is 36.0. The molecule has 164 valence electrons. The first-order valence-electron chi connectivity index (χ1n) is 10.7. The van der Waals surface area contributed by atoms with Crippen LogP contribution in [-0.2, 0) is 6.54 Å². The highest BCUT2D eigenvalue weighted by Crippen LogP contribution is 2.25. The number of amides is 2. The second kappa shape index (κ2) is 9.60. The van der Waals surface area contributed by atoms with Gasteiger partial charge >= 0.3 is 6.01 Å². The Hall–Kier alpha value is -3.74. The molecular weight excluding hydrogens is 404 g/mol. The molecule has 0 unspecified atom stereocenters. The Morgan fingerprint density at radius 3 is 2.28 bits per heavy atom. The molecule has 0 radical (unpaired) electrons. The molecule has 0 spiro atoms. The predicted molar refractivity (Wildman–Crippen MR) is 122 cm³/mol. The summed E-state index contributed by atoms with van der Waals surface area (Å²) in [5.41, 5.74) is 4.68. The highest BCUT2D eigenvalue weighted by molar-refractivity contribution is 6.01. The molecule has 0 saturated carbocycles. The Bertz CT molecular complexity index is 1110. The van der Waals surface area contributed by atoms with E-state index < -0.39 is 0 Å². The first kappa shape index (κ1) is 21.5. The number of aryl methyl sites for hydroxylation is 1. The summed E-state index contributed by atoms with van der Waals surface area (Å²) < 4.78 is 4.96. The average molecular weight is 431 g/mol. The fourth-order valence-electron chi connectivity index (χ4n) is 3.72. The Balaban J connectivity index is 1.60. The quantitative estimate of drug-likeness (QED) is 0.646. The van der Waals surface area contributed by atoms with Gasteiger partial charge in [-0.2, -0.15) is 0 Å². The molecule has 1 saturated heterocycles. The third-order valence-electron chi connectivity index (χ3n) is 5.54. The molecule has 3 aromatic rings. The van der Waals surface area contributed by atoms with Gasteiger partial charge in [0, 0.05) is 48.7 Å². The average Bonchev–Trinajstić information content (AvgIpc) is 3.37. The zero-order valence-corrected chi connectivity index (χ0v) is 18.3. The summed E-state index contributed by atoms with van der Waals surface area (Å²) in [5.74, 6) is -0.292. The molecule has 7 nitrogen and oxygen atoms in total. The molecule has 7 heteroatoms. The molecule has 1 aromatic heterocycles. The second-order valence-electron chi connectivity index (χ2n) is 7.93. The van der Waals surface area contributed by atoms with Crippen molar-refractivity contribution in [3.63, 3.8) is 0 Å². The summed E-state index contributed by atoms with van der Waals surface area (Å²) in [6, 6.07) is 13.7. The smallest absolute Gasteiger partial charge is 0.316 e.